The molecule has 3 nitrogen and oxygen atoms in total. The van der Waals surface area contributed by atoms with Gasteiger partial charge in [-0.1, -0.05) is 17.3 Å². The number of benzene rings is 1. The summed E-state index contributed by atoms with van der Waals surface area (Å²) in [4.78, 5) is 4.69. The van der Waals surface area contributed by atoms with Gasteiger partial charge in [-0.2, -0.15) is 5.26 Å². The van der Waals surface area contributed by atoms with Gasteiger partial charge in [0.1, 0.15) is 7.11 Å². The number of oxime groups is 1. The standard InChI is InChI=1S/C11H12N2O/c1-8-5-4-6-10(7-12)11(8)9(2)13-14-3/h4-6H,1-3H3. The zero-order valence-electron chi connectivity index (χ0n) is 8.53. The maximum Gasteiger partial charge on any atom is 0.106 e. The first-order valence-electron chi connectivity index (χ1n) is 4.28. The van der Waals surface area contributed by atoms with Crippen molar-refractivity contribution in [2.75, 3.05) is 7.11 Å². The van der Waals surface area contributed by atoms with E-state index in [0.29, 0.717) is 5.56 Å². The van der Waals surface area contributed by atoms with Gasteiger partial charge in [0.15, 0.2) is 0 Å². The predicted molar refractivity (Wildman–Crippen MR) is 55.1 cm³/mol. The molecule has 0 radical (unpaired) electrons. The van der Waals surface area contributed by atoms with Crippen molar-refractivity contribution in [3.05, 3.63) is 34.9 Å². The van der Waals surface area contributed by atoms with Crippen LogP contribution in [0, 0.1) is 18.3 Å². The van der Waals surface area contributed by atoms with E-state index in [4.69, 9.17) is 10.1 Å². The number of nitriles is 1. The summed E-state index contributed by atoms with van der Waals surface area (Å²) >= 11 is 0. The average Bonchev–Trinajstić information content (AvgIpc) is 2.17. The summed E-state index contributed by atoms with van der Waals surface area (Å²) in [5.41, 5.74) is 3.24. The maximum absolute atomic E-state index is 8.91. The molecule has 0 spiro atoms. The van der Waals surface area contributed by atoms with E-state index in [1.807, 2.05) is 26.0 Å². The molecule has 1 rings (SSSR count). The molecular formula is C11H12N2O. The Morgan fingerprint density at radius 3 is 2.79 bits per heavy atom. The summed E-state index contributed by atoms with van der Waals surface area (Å²) in [7, 11) is 1.49. The van der Waals surface area contributed by atoms with Crippen LogP contribution in [0.25, 0.3) is 0 Å². The van der Waals surface area contributed by atoms with E-state index in [1.54, 1.807) is 6.07 Å². The summed E-state index contributed by atoms with van der Waals surface area (Å²) in [5.74, 6) is 0. The van der Waals surface area contributed by atoms with Crippen LogP contribution in [0.15, 0.2) is 23.4 Å². The minimum atomic E-state index is 0.628. The van der Waals surface area contributed by atoms with Gasteiger partial charge in [-0.05, 0) is 25.5 Å². The lowest BCUT2D eigenvalue weighted by Crippen LogP contribution is -2.02. The fourth-order valence-electron chi connectivity index (χ4n) is 1.42. The molecule has 14 heavy (non-hydrogen) atoms. The van der Waals surface area contributed by atoms with Crippen molar-refractivity contribution >= 4 is 5.71 Å². The highest BCUT2D eigenvalue weighted by atomic mass is 16.6. The van der Waals surface area contributed by atoms with E-state index >= 15 is 0 Å². The third kappa shape index (κ3) is 1.91. The number of aryl methyl sites for hydroxylation is 1. The average molecular weight is 188 g/mol. The quantitative estimate of drug-likeness (QED) is 0.527. The molecule has 0 amide bonds. The second kappa shape index (κ2) is 4.43. The van der Waals surface area contributed by atoms with E-state index in [0.717, 1.165) is 16.8 Å². The lowest BCUT2D eigenvalue weighted by atomic mass is 9.99. The molecule has 3 heteroatoms. The molecule has 0 saturated heterocycles. The Bertz CT molecular complexity index is 402. The van der Waals surface area contributed by atoms with Crippen LogP contribution in [-0.4, -0.2) is 12.8 Å². The molecule has 0 N–H and O–H groups in total. The van der Waals surface area contributed by atoms with Crippen LogP contribution in [0.4, 0.5) is 0 Å². The normalized spacial score (nSPS) is 10.9. The first-order chi connectivity index (χ1) is 6.70. The van der Waals surface area contributed by atoms with E-state index in [-0.39, 0.29) is 0 Å². The summed E-state index contributed by atoms with van der Waals surface area (Å²) in [5, 5.41) is 12.7. The first kappa shape index (κ1) is 10.3. The van der Waals surface area contributed by atoms with Crippen LogP contribution in [0.2, 0.25) is 0 Å². The Balaban J connectivity index is 3.32. The van der Waals surface area contributed by atoms with Crippen LogP contribution in [-0.2, 0) is 4.84 Å². The van der Waals surface area contributed by atoms with Crippen LogP contribution in [0.5, 0.6) is 0 Å². The molecule has 1 aromatic carbocycles. The smallest absolute Gasteiger partial charge is 0.106 e. The van der Waals surface area contributed by atoms with Crippen LogP contribution >= 0.6 is 0 Å². The molecule has 0 saturated carbocycles. The minimum Gasteiger partial charge on any atom is -0.399 e. The van der Waals surface area contributed by atoms with E-state index in [1.165, 1.54) is 7.11 Å². The number of hydrogen-bond donors (Lipinski definition) is 0. The summed E-state index contributed by atoms with van der Waals surface area (Å²) in [6.45, 7) is 3.78. The van der Waals surface area contributed by atoms with Gasteiger partial charge in [-0.25, -0.2) is 0 Å². The molecule has 0 heterocycles. The SMILES string of the molecule is CON=C(C)c1c(C)cccc1C#N. The predicted octanol–water partition coefficient (Wildman–Crippen LogP) is 2.24. The molecule has 0 fully saturated rings. The molecule has 0 bridgehead atoms. The molecule has 0 aliphatic rings. The minimum absolute atomic E-state index is 0.628. The number of rotatable bonds is 2. The Hall–Kier alpha value is -1.82. The zero-order chi connectivity index (χ0) is 10.6. The Kier molecular flexibility index (Phi) is 3.24. The summed E-state index contributed by atoms with van der Waals surface area (Å²) in [6, 6.07) is 7.72. The van der Waals surface area contributed by atoms with Crippen molar-refractivity contribution in [1.29, 1.82) is 5.26 Å². The van der Waals surface area contributed by atoms with Crippen LogP contribution in [0.3, 0.4) is 0 Å². The first-order valence-corrected chi connectivity index (χ1v) is 4.28. The molecule has 0 aliphatic carbocycles. The Labute approximate surface area is 83.6 Å². The number of hydrogen-bond acceptors (Lipinski definition) is 3. The van der Waals surface area contributed by atoms with Crippen molar-refractivity contribution in [1.82, 2.24) is 0 Å². The number of nitrogens with zero attached hydrogens (tertiary/aromatic N) is 2. The van der Waals surface area contributed by atoms with E-state index in [9.17, 15) is 0 Å². The molecule has 0 unspecified atom stereocenters. The Morgan fingerprint density at radius 1 is 1.50 bits per heavy atom. The van der Waals surface area contributed by atoms with Gasteiger partial charge in [0.2, 0.25) is 0 Å². The lowest BCUT2D eigenvalue weighted by Gasteiger charge is -2.06. The zero-order valence-corrected chi connectivity index (χ0v) is 8.53. The van der Waals surface area contributed by atoms with E-state index < -0.39 is 0 Å². The highest BCUT2D eigenvalue weighted by molar-refractivity contribution is 6.01. The van der Waals surface area contributed by atoms with Gasteiger partial charge in [0.05, 0.1) is 17.3 Å². The molecule has 0 aliphatic heterocycles. The van der Waals surface area contributed by atoms with Gasteiger partial charge < -0.3 is 4.84 Å². The fourth-order valence-corrected chi connectivity index (χ4v) is 1.42. The van der Waals surface area contributed by atoms with Gasteiger partial charge in [0.25, 0.3) is 0 Å². The van der Waals surface area contributed by atoms with Gasteiger partial charge >= 0.3 is 0 Å². The molecule has 0 atom stereocenters. The third-order valence-electron chi connectivity index (χ3n) is 1.98. The van der Waals surface area contributed by atoms with Crippen LogP contribution < -0.4 is 0 Å². The van der Waals surface area contributed by atoms with E-state index in [2.05, 4.69) is 11.2 Å². The van der Waals surface area contributed by atoms with Gasteiger partial charge in [-0.15, -0.1) is 0 Å². The Morgan fingerprint density at radius 2 is 2.21 bits per heavy atom. The molecule has 0 aromatic heterocycles. The lowest BCUT2D eigenvalue weighted by molar-refractivity contribution is 0.213. The maximum atomic E-state index is 8.91. The monoisotopic (exact) mass is 188 g/mol. The molecule has 72 valence electrons. The van der Waals surface area contributed by atoms with Crippen molar-refractivity contribution in [2.45, 2.75) is 13.8 Å². The largest absolute Gasteiger partial charge is 0.399 e. The van der Waals surface area contributed by atoms with Crippen molar-refractivity contribution in [3.8, 4) is 6.07 Å². The summed E-state index contributed by atoms with van der Waals surface area (Å²) in [6.07, 6.45) is 0. The topological polar surface area (TPSA) is 45.4 Å². The van der Waals surface area contributed by atoms with Gasteiger partial charge in [-0.3, -0.25) is 0 Å². The van der Waals surface area contributed by atoms with Crippen LogP contribution in [0.1, 0.15) is 23.6 Å². The highest BCUT2D eigenvalue weighted by Gasteiger charge is 2.08. The summed E-state index contributed by atoms with van der Waals surface area (Å²) < 4.78 is 0. The molecule has 1 aromatic rings. The second-order valence-corrected chi connectivity index (χ2v) is 2.97. The molecular weight excluding hydrogens is 176 g/mol. The van der Waals surface area contributed by atoms with Crippen molar-refractivity contribution in [3.63, 3.8) is 0 Å². The van der Waals surface area contributed by atoms with Crippen molar-refractivity contribution < 1.29 is 4.84 Å². The third-order valence-corrected chi connectivity index (χ3v) is 1.98. The fraction of sp³-hybridized carbons (Fsp3) is 0.273. The second-order valence-electron chi connectivity index (χ2n) is 2.97. The highest BCUT2D eigenvalue weighted by Crippen LogP contribution is 2.14. The van der Waals surface area contributed by atoms with Gasteiger partial charge in [0, 0.05) is 5.56 Å². The van der Waals surface area contributed by atoms with Crippen molar-refractivity contribution in [2.24, 2.45) is 5.16 Å².